The summed E-state index contributed by atoms with van der Waals surface area (Å²) in [5.74, 6) is 1.60. The van der Waals surface area contributed by atoms with Crippen LogP contribution in [0.1, 0.15) is 60.9 Å². The van der Waals surface area contributed by atoms with Crippen molar-refractivity contribution >= 4 is 5.91 Å². The maximum Gasteiger partial charge on any atom is 0.241 e. The third kappa shape index (κ3) is 5.73. The van der Waals surface area contributed by atoms with E-state index in [0.717, 1.165) is 30.5 Å². The predicted octanol–water partition coefficient (Wildman–Crippen LogP) is 5.39. The van der Waals surface area contributed by atoms with E-state index in [1.165, 1.54) is 16.7 Å². The van der Waals surface area contributed by atoms with Crippen LogP contribution in [0.15, 0.2) is 47.0 Å². The van der Waals surface area contributed by atoms with Crippen LogP contribution in [0.2, 0.25) is 0 Å². The molecule has 6 heteroatoms. The van der Waals surface area contributed by atoms with Gasteiger partial charge in [-0.25, -0.2) is 0 Å². The molecule has 2 atom stereocenters. The van der Waals surface area contributed by atoms with Crippen molar-refractivity contribution in [2.75, 3.05) is 13.1 Å². The van der Waals surface area contributed by atoms with E-state index < -0.39 is 0 Å². The number of hydrogen-bond donors (Lipinski definition) is 1. The number of nitrogens with one attached hydrogen (secondary N) is 1. The Labute approximate surface area is 202 Å². The van der Waals surface area contributed by atoms with E-state index in [1.54, 1.807) is 0 Å². The summed E-state index contributed by atoms with van der Waals surface area (Å²) < 4.78 is 5.53. The molecule has 2 aromatic carbocycles. The molecule has 4 rings (SSSR count). The summed E-state index contributed by atoms with van der Waals surface area (Å²) >= 11 is 0. The summed E-state index contributed by atoms with van der Waals surface area (Å²) in [4.78, 5) is 20.1. The van der Waals surface area contributed by atoms with Gasteiger partial charge in [-0.05, 0) is 63.3 Å². The molecule has 1 aliphatic heterocycles. The van der Waals surface area contributed by atoms with Crippen molar-refractivity contribution in [3.63, 3.8) is 0 Å². The fourth-order valence-electron chi connectivity index (χ4n) is 4.87. The Hall–Kier alpha value is -2.99. The molecule has 0 saturated carbocycles. The number of benzene rings is 2. The third-order valence-corrected chi connectivity index (χ3v) is 6.70. The molecule has 6 nitrogen and oxygen atoms in total. The zero-order valence-electron chi connectivity index (χ0n) is 21.0. The van der Waals surface area contributed by atoms with Gasteiger partial charge in [-0.3, -0.25) is 9.69 Å². The van der Waals surface area contributed by atoms with Crippen molar-refractivity contribution in [1.29, 1.82) is 0 Å². The normalized spacial score (nSPS) is 17.6. The summed E-state index contributed by atoms with van der Waals surface area (Å²) in [5, 5.41) is 7.52. The van der Waals surface area contributed by atoms with E-state index in [-0.39, 0.29) is 17.9 Å². The third-order valence-electron chi connectivity index (χ3n) is 6.70. The first-order valence-electron chi connectivity index (χ1n) is 12.3. The van der Waals surface area contributed by atoms with Crippen LogP contribution in [0.25, 0.3) is 11.4 Å². The Bertz CT molecular complexity index is 1140. The molecule has 1 N–H and O–H groups in total. The second-order valence-electron chi connectivity index (χ2n) is 10.0. The molecule has 3 aromatic rings. The molecule has 1 saturated heterocycles. The zero-order chi connectivity index (χ0) is 24.2. The van der Waals surface area contributed by atoms with Crippen LogP contribution in [0.5, 0.6) is 0 Å². The van der Waals surface area contributed by atoms with Gasteiger partial charge in [0.2, 0.25) is 17.6 Å². The van der Waals surface area contributed by atoms with Crippen LogP contribution in [0, 0.1) is 32.6 Å². The molecule has 0 radical (unpaired) electrons. The van der Waals surface area contributed by atoms with Gasteiger partial charge in [-0.15, -0.1) is 0 Å². The van der Waals surface area contributed by atoms with Crippen molar-refractivity contribution in [3.8, 4) is 11.4 Å². The SMILES string of the molecule is Cc1cccc(-c2noc(CN3CCCC(C(=O)NC(c4ccc(C)cc4C)C(C)C)C3)n2)c1. The van der Waals surface area contributed by atoms with E-state index in [9.17, 15) is 4.79 Å². The van der Waals surface area contributed by atoms with Crippen molar-refractivity contribution in [2.45, 2.75) is 60.0 Å². The quantitative estimate of drug-likeness (QED) is 0.512. The van der Waals surface area contributed by atoms with Gasteiger partial charge < -0.3 is 9.84 Å². The number of piperidine rings is 1. The Morgan fingerprint density at radius 2 is 1.94 bits per heavy atom. The van der Waals surface area contributed by atoms with Gasteiger partial charge in [0.25, 0.3) is 0 Å². The van der Waals surface area contributed by atoms with Crippen LogP contribution < -0.4 is 5.32 Å². The minimum atomic E-state index is -0.0417. The van der Waals surface area contributed by atoms with E-state index in [2.05, 4.69) is 72.3 Å². The Kier molecular flexibility index (Phi) is 7.47. The minimum absolute atomic E-state index is 0.0105. The molecule has 0 spiro atoms. The highest BCUT2D eigenvalue weighted by molar-refractivity contribution is 5.79. The molecule has 180 valence electrons. The van der Waals surface area contributed by atoms with E-state index in [0.29, 0.717) is 30.7 Å². The zero-order valence-corrected chi connectivity index (χ0v) is 21.0. The van der Waals surface area contributed by atoms with Crippen molar-refractivity contribution in [1.82, 2.24) is 20.4 Å². The van der Waals surface area contributed by atoms with Crippen LogP contribution in [-0.4, -0.2) is 34.0 Å². The van der Waals surface area contributed by atoms with Gasteiger partial charge in [-0.1, -0.05) is 66.5 Å². The highest BCUT2D eigenvalue weighted by atomic mass is 16.5. The van der Waals surface area contributed by atoms with E-state index in [4.69, 9.17) is 4.52 Å². The van der Waals surface area contributed by atoms with Crippen molar-refractivity contribution < 1.29 is 9.32 Å². The lowest BCUT2D eigenvalue weighted by atomic mass is 9.90. The minimum Gasteiger partial charge on any atom is -0.349 e. The van der Waals surface area contributed by atoms with E-state index >= 15 is 0 Å². The molecule has 1 fully saturated rings. The maximum absolute atomic E-state index is 13.3. The molecule has 0 aliphatic carbocycles. The molecular weight excluding hydrogens is 424 g/mol. The molecule has 2 unspecified atom stereocenters. The summed E-state index contributed by atoms with van der Waals surface area (Å²) in [6, 6.07) is 14.6. The second-order valence-corrected chi connectivity index (χ2v) is 10.0. The number of aryl methyl sites for hydroxylation is 3. The number of carbonyl (C=O) groups is 1. The average Bonchev–Trinajstić information content (AvgIpc) is 3.26. The maximum atomic E-state index is 13.3. The molecule has 34 heavy (non-hydrogen) atoms. The standard InChI is InChI=1S/C28H36N4O2/c1-18(2)26(24-12-11-20(4)14-21(24)5)30-28(33)23-10-7-13-32(16-23)17-25-29-27(31-34-25)22-9-6-8-19(3)15-22/h6,8-9,11-12,14-15,18,23,26H,7,10,13,16-17H2,1-5H3,(H,30,33). The largest absolute Gasteiger partial charge is 0.349 e. The lowest BCUT2D eigenvalue weighted by Crippen LogP contribution is -2.44. The molecule has 1 aliphatic rings. The first-order valence-corrected chi connectivity index (χ1v) is 12.3. The molecule has 0 bridgehead atoms. The fourth-order valence-corrected chi connectivity index (χ4v) is 4.87. The topological polar surface area (TPSA) is 71.3 Å². The second kappa shape index (κ2) is 10.5. The first-order chi connectivity index (χ1) is 16.3. The number of rotatable bonds is 7. The van der Waals surface area contributed by atoms with Crippen LogP contribution >= 0.6 is 0 Å². The summed E-state index contributed by atoms with van der Waals surface area (Å²) in [6.45, 7) is 12.8. The van der Waals surface area contributed by atoms with Gasteiger partial charge >= 0.3 is 0 Å². The van der Waals surface area contributed by atoms with Crippen molar-refractivity contribution in [2.24, 2.45) is 11.8 Å². The predicted molar refractivity (Wildman–Crippen MR) is 134 cm³/mol. The lowest BCUT2D eigenvalue weighted by molar-refractivity contribution is -0.128. The Balaban J connectivity index is 1.40. The Morgan fingerprint density at radius 1 is 1.15 bits per heavy atom. The van der Waals surface area contributed by atoms with Crippen LogP contribution in [0.4, 0.5) is 0 Å². The first kappa shape index (κ1) is 24.1. The van der Waals surface area contributed by atoms with Gasteiger partial charge in [0, 0.05) is 12.1 Å². The van der Waals surface area contributed by atoms with Gasteiger partial charge in [0.1, 0.15) is 0 Å². The number of carbonyl (C=O) groups excluding carboxylic acids is 1. The number of likely N-dealkylation sites (tertiary alicyclic amines) is 1. The molecular formula is C28H36N4O2. The number of hydrogen-bond acceptors (Lipinski definition) is 5. The summed E-state index contributed by atoms with van der Waals surface area (Å²) in [5.41, 5.74) is 5.79. The number of amides is 1. The van der Waals surface area contributed by atoms with Gasteiger partial charge in [0.05, 0.1) is 18.5 Å². The molecule has 2 heterocycles. The molecule has 1 aromatic heterocycles. The van der Waals surface area contributed by atoms with E-state index in [1.807, 2.05) is 25.1 Å². The van der Waals surface area contributed by atoms with Crippen molar-refractivity contribution in [3.05, 3.63) is 70.6 Å². The van der Waals surface area contributed by atoms with Crippen LogP contribution in [-0.2, 0) is 11.3 Å². The number of aromatic nitrogens is 2. The monoisotopic (exact) mass is 460 g/mol. The average molecular weight is 461 g/mol. The lowest BCUT2D eigenvalue weighted by Gasteiger charge is -2.33. The molecule has 1 amide bonds. The Morgan fingerprint density at radius 3 is 2.68 bits per heavy atom. The summed E-state index contributed by atoms with van der Waals surface area (Å²) in [6.07, 6.45) is 1.88. The number of nitrogens with zero attached hydrogens (tertiary/aromatic N) is 3. The fraction of sp³-hybridized carbons (Fsp3) is 0.464. The van der Waals surface area contributed by atoms with Gasteiger partial charge in [-0.2, -0.15) is 4.98 Å². The highest BCUT2D eigenvalue weighted by Crippen LogP contribution is 2.27. The highest BCUT2D eigenvalue weighted by Gasteiger charge is 2.29. The smallest absolute Gasteiger partial charge is 0.241 e. The van der Waals surface area contributed by atoms with Crippen LogP contribution in [0.3, 0.4) is 0 Å². The van der Waals surface area contributed by atoms with Gasteiger partial charge in [0.15, 0.2) is 0 Å². The summed E-state index contributed by atoms with van der Waals surface area (Å²) in [7, 11) is 0.